The third-order valence-corrected chi connectivity index (χ3v) is 9.03. The minimum atomic E-state index is -1.73. The van der Waals surface area contributed by atoms with Crippen LogP contribution < -0.4 is 0 Å². The summed E-state index contributed by atoms with van der Waals surface area (Å²) in [6, 6.07) is 14.3. The second-order valence-corrected chi connectivity index (χ2v) is 11.2. The number of rotatable bonds is 9. The van der Waals surface area contributed by atoms with Gasteiger partial charge in [0.15, 0.2) is 6.10 Å². The average Bonchev–Trinajstić information content (AvgIpc) is 3.58. The number of fused-ring (bicyclic) bond motifs is 3. The van der Waals surface area contributed by atoms with Crippen molar-refractivity contribution in [2.45, 2.75) is 43.8 Å². The third-order valence-electron chi connectivity index (χ3n) is 7.66. The Morgan fingerprint density at radius 3 is 2.27 bits per heavy atom. The predicted molar refractivity (Wildman–Crippen MR) is 133 cm³/mol. The second-order valence-electron chi connectivity index (χ2n) is 9.65. The standard InChI is InChI=1S/C27H32NO3S2/c29-26(27(30,23-11-16-32-19-23)24-12-17-33-20-24)31-25-18-28(14-9-22(25)10-15-28)13-5-4-8-21-6-2-1-3-7-21/h1-3,6-7,11-12,16-17,19-20,22,25,30H,4-5,8-10,13-15,18H2/q+1. The van der Waals surface area contributed by atoms with Crippen molar-refractivity contribution in [3.05, 3.63) is 80.7 Å². The second kappa shape index (κ2) is 9.71. The summed E-state index contributed by atoms with van der Waals surface area (Å²) in [4.78, 5) is 13.5. The first-order valence-electron chi connectivity index (χ1n) is 12.0. The number of esters is 1. The van der Waals surface area contributed by atoms with Crippen molar-refractivity contribution in [1.82, 2.24) is 0 Å². The molecule has 5 heterocycles. The normalized spacial score (nSPS) is 24.6. The van der Waals surface area contributed by atoms with E-state index in [4.69, 9.17) is 4.74 Å². The van der Waals surface area contributed by atoms with Crippen LogP contribution in [0.3, 0.4) is 0 Å². The summed E-state index contributed by atoms with van der Waals surface area (Å²) in [6.45, 7) is 4.39. The van der Waals surface area contributed by atoms with E-state index in [1.54, 1.807) is 0 Å². The van der Waals surface area contributed by atoms with E-state index in [1.165, 1.54) is 54.2 Å². The van der Waals surface area contributed by atoms with Crippen LogP contribution in [0.25, 0.3) is 0 Å². The van der Waals surface area contributed by atoms with Crippen molar-refractivity contribution in [2.24, 2.45) is 5.92 Å². The molecule has 3 aromatic rings. The van der Waals surface area contributed by atoms with Gasteiger partial charge in [-0.25, -0.2) is 4.79 Å². The van der Waals surface area contributed by atoms with Gasteiger partial charge in [0.2, 0.25) is 5.60 Å². The van der Waals surface area contributed by atoms with Gasteiger partial charge in [-0.3, -0.25) is 0 Å². The highest BCUT2D eigenvalue weighted by atomic mass is 32.1. The van der Waals surface area contributed by atoms with Crippen LogP contribution in [0.4, 0.5) is 0 Å². The quantitative estimate of drug-likeness (QED) is 0.258. The zero-order valence-corrected chi connectivity index (χ0v) is 20.5. The molecule has 33 heavy (non-hydrogen) atoms. The molecule has 174 valence electrons. The molecule has 1 N–H and O–H groups in total. The molecular weight excluding hydrogens is 450 g/mol. The fourth-order valence-corrected chi connectivity index (χ4v) is 7.05. The molecule has 1 unspecified atom stereocenters. The van der Waals surface area contributed by atoms with Gasteiger partial charge in [0.25, 0.3) is 0 Å². The van der Waals surface area contributed by atoms with Gasteiger partial charge in [0, 0.05) is 29.9 Å². The molecule has 1 atom stereocenters. The number of hydrogen-bond acceptors (Lipinski definition) is 5. The molecule has 6 rings (SSSR count). The molecule has 0 saturated carbocycles. The summed E-state index contributed by atoms with van der Waals surface area (Å²) >= 11 is 2.96. The van der Waals surface area contributed by atoms with Gasteiger partial charge < -0.3 is 14.3 Å². The number of thiophene rings is 2. The predicted octanol–water partition coefficient (Wildman–Crippen LogP) is 5.22. The van der Waals surface area contributed by atoms with Gasteiger partial charge in [0.1, 0.15) is 6.54 Å². The lowest BCUT2D eigenvalue weighted by molar-refractivity contribution is -0.946. The van der Waals surface area contributed by atoms with Crippen molar-refractivity contribution >= 4 is 28.6 Å². The summed E-state index contributed by atoms with van der Waals surface area (Å²) in [5.74, 6) is -0.118. The fourth-order valence-electron chi connectivity index (χ4n) is 5.66. The van der Waals surface area contributed by atoms with Crippen molar-refractivity contribution < 1.29 is 19.1 Å². The lowest BCUT2D eigenvalue weighted by atomic mass is 9.82. The van der Waals surface area contributed by atoms with Crippen LogP contribution >= 0.6 is 22.7 Å². The number of carbonyl (C=O) groups is 1. The number of quaternary nitrogens is 1. The monoisotopic (exact) mass is 482 g/mol. The maximum Gasteiger partial charge on any atom is 0.348 e. The molecule has 4 nitrogen and oxygen atoms in total. The Morgan fingerprint density at radius 1 is 1.00 bits per heavy atom. The van der Waals surface area contributed by atoms with E-state index in [9.17, 15) is 9.90 Å². The van der Waals surface area contributed by atoms with Crippen molar-refractivity contribution in [2.75, 3.05) is 26.2 Å². The highest BCUT2D eigenvalue weighted by Gasteiger charge is 2.50. The molecule has 3 saturated heterocycles. The fraction of sp³-hybridized carbons (Fsp3) is 0.444. The van der Waals surface area contributed by atoms with Crippen LogP contribution in [0.2, 0.25) is 0 Å². The number of carbonyl (C=O) groups excluding carboxylic acids is 1. The smallest absolute Gasteiger partial charge is 0.348 e. The minimum Gasteiger partial charge on any atom is -0.453 e. The van der Waals surface area contributed by atoms with Gasteiger partial charge in [-0.15, -0.1) is 0 Å². The van der Waals surface area contributed by atoms with Crippen LogP contribution in [-0.2, 0) is 21.6 Å². The Balaban J connectivity index is 1.24. The van der Waals surface area contributed by atoms with E-state index in [-0.39, 0.29) is 6.10 Å². The van der Waals surface area contributed by atoms with E-state index in [2.05, 4.69) is 30.3 Å². The van der Waals surface area contributed by atoms with Crippen LogP contribution in [0.1, 0.15) is 42.4 Å². The Hall–Kier alpha value is -1.99. The highest BCUT2D eigenvalue weighted by molar-refractivity contribution is 7.08. The molecule has 2 bridgehead atoms. The molecule has 3 aliphatic heterocycles. The van der Waals surface area contributed by atoms with Crippen molar-refractivity contribution in [1.29, 1.82) is 0 Å². The summed E-state index contributed by atoms with van der Waals surface area (Å²) in [7, 11) is 0. The van der Waals surface area contributed by atoms with Crippen molar-refractivity contribution in [3.8, 4) is 0 Å². The average molecular weight is 483 g/mol. The van der Waals surface area contributed by atoms with Crippen LogP contribution in [0.15, 0.2) is 64.0 Å². The number of aliphatic hydroxyl groups is 1. The summed E-state index contributed by atoms with van der Waals surface area (Å²) in [6.07, 6.45) is 5.59. The van der Waals surface area contributed by atoms with Crippen LogP contribution in [0, 0.1) is 5.92 Å². The lowest BCUT2D eigenvalue weighted by Gasteiger charge is -2.52. The highest BCUT2D eigenvalue weighted by Crippen LogP contribution is 2.39. The Labute approximate surface area is 204 Å². The molecule has 6 heteroatoms. The van der Waals surface area contributed by atoms with Gasteiger partial charge in [0.05, 0.1) is 19.6 Å². The Bertz CT molecular complexity index is 991. The van der Waals surface area contributed by atoms with Crippen LogP contribution in [-0.4, -0.2) is 47.8 Å². The third kappa shape index (κ3) is 4.67. The maximum absolute atomic E-state index is 13.5. The zero-order valence-electron chi connectivity index (χ0n) is 18.9. The summed E-state index contributed by atoms with van der Waals surface area (Å²) < 4.78 is 7.20. The van der Waals surface area contributed by atoms with Gasteiger partial charge in [-0.2, -0.15) is 22.7 Å². The number of benzene rings is 1. The summed E-state index contributed by atoms with van der Waals surface area (Å²) in [5.41, 5.74) is 0.874. The summed E-state index contributed by atoms with van der Waals surface area (Å²) in [5, 5.41) is 19.1. The van der Waals surface area contributed by atoms with E-state index in [1.807, 2.05) is 33.7 Å². The first kappa shape index (κ1) is 22.8. The van der Waals surface area contributed by atoms with E-state index < -0.39 is 11.6 Å². The molecule has 2 aromatic heterocycles. The van der Waals surface area contributed by atoms with Gasteiger partial charge >= 0.3 is 5.97 Å². The van der Waals surface area contributed by atoms with E-state index in [0.717, 1.165) is 36.8 Å². The lowest BCUT2D eigenvalue weighted by Crippen LogP contribution is -2.65. The molecular formula is C27H32NO3S2+. The Kier molecular flexibility index (Phi) is 6.70. The van der Waals surface area contributed by atoms with Crippen molar-refractivity contribution in [3.63, 3.8) is 0 Å². The van der Waals surface area contributed by atoms with Gasteiger partial charge in [-0.05, 0) is 58.5 Å². The first-order valence-corrected chi connectivity index (χ1v) is 13.9. The number of ether oxygens (including phenoxy) is 1. The zero-order chi connectivity index (χ0) is 22.7. The number of nitrogens with zero attached hydrogens (tertiary/aromatic N) is 1. The molecule has 0 radical (unpaired) electrons. The van der Waals surface area contributed by atoms with E-state index >= 15 is 0 Å². The largest absolute Gasteiger partial charge is 0.453 e. The number of piperidine rings is 3. The van der Waals surface area contributed by atoms with E-state index in [0.29, 0.717) is 17.0 Å². The topological polar surface area (TPSA) is 46.5 Å². The van der Waals surface area contributed by atoms with Gasteiger partial charge in [-0.1, -0.05) is 30.3 Å². The maximum atomic E-state index is 13.5. The van der Waals surface area contributed by atoms with Crippen LogP contribution in [0.5, 0.6) is 0 Å². The SMILES string of the molecule is O=C(OC1C[N+]2(CCCCc3ccccc3)CCC1CC2)C(O)(c1ccsc1)c1ccsc1. The molecule has 0 spiro atoms. The molecule has 3 fully saturated rings. The molecule has 0 amide bonds. The number of aryl methyl sites for hydroxylation is 1. The molecule has 3 aliphatic rings. The molecule has 1 aromatic carbocycles. The Morgan fingerprint density at radius 2 is 1.67 bits per heavy atom. The molecule has 0 aliphatic carbocycles. The number of unbranched alkanes of at least 4 members (excludes halogenated alkanes) is 1. The minimum absolute atomic E-state index is 0.113. The number of hydrogen-bond donors (Lipinski definition) is 1. The first-order chi connectivity index (χ1) is 16.1.